The topological polar surface area (TPSA) is 41.1 Å². The summed E-state index contributed by atoms with van der Waals surface area (Å²) in [5.74, 6) is -0.307. The zero-order chi connectivity index (χ0) is 14.4. The third-order valence-electron chi connectivity index (χ3n) is 3.03. The van der Waals surface area contributed by atoms with Crippen molar-refractivity contribution >= 4 is 34.2 Å². The van der Waals surface area contributed by atoms with Crippen LogP contribution in [0.1, 0.15) is 33.6 Å². The molecule has 0 heterocycles. The van der Waals surface area contributed by atoms with Gasteiger partial charge in [-0.2, -0.15) is 0 Å². The normalized spacial score (nSPS) is 12.3. The van der Waals surface area contributed by atoms with Crippen molar-refractivity contribution in [2.24, 2.45) is 0 Å². The highest BCUT2D eigenvalue weighted by atomic mass is 127. The Labute approximate surface area is 127 Å². The van der Waals surface area contributed by atoms with Crippen LogP contribution in [0, 0.1) is 9.39 Å². The summed E-state index contributed by atoms with van der Waals surface area (Å²) in [4.78, 5) is 12.0. The van der Waals surface area contributed by atoms with E-state index < -0.39 is 0 Å². The molecule has 0 aliphatic heterocycles. The van der Waals surface area contributed by atoms with Gasteiger partial charge >= 0.3 is 0 Å². The average molecular weight is 378 g/mol. The maximum atomic E-state index is 13.0. The lowest BCUT2D eigenvalue weighted by atomic mass is 10.1. The van der Waals surface area contributed by atoms with Gasteiger partial charge in [0.1, 0.15) is 11.9 Å². The number of amides is 1. The predicted molar refractivity (Wildman–Crippen MR) is 84.7 cm³/mol. The Morgan fingerprint density at radius 1 is 1.37 bits per heavy atom. The van der Waals surface area contributed by atoms with E-state index >= 15 is 0 Å². The zero-order valence-corrected chi connectivity index (χ0v) is 13.6. The fourth-order valence-corrected chi connectivity index (χ4v) is 2.36. The first-order chi connectivity index (χ1) is 8.97. The molecular weight excluding hydrogens is 358 g/mol. The number of benzene rings is 1. The second kappa shape index (κ2) is 7.67. The Morgan fingerprint density at radius 2 is 2.00 bits per heavy atom. The van der Waals surface area contributed by atoms with Crippen LogP contribution in [-0.4, -0.2) is 18.0 Å². The Morgan fingerprint density at radius 3 is 2.53 bits per heavy atom. The van der Waals surface area contributed by atoms with Crippen LogP contribution in [0.2, 0.25) is 0 Å². The number of carbonyl (C=O) groups is 1. The molecule has 1 atom stereocenters. The molecule has 0 saturated carbocycles. The summed E-state index contributed by atoms with van der Waals surface area (Å²) in [6.45, 7) is 5.90. The van der Waals surface area contributed by atoms with Crippen molar-refractivity contribution in [3.63, 3.8) is 0 Å². The van der Waals surface area contributed by atoms with Gasteiger partial charge < -0.3 is 10.6 Å². The molecule has 3 nitrogen and oxygen atoms in total. The van der Waals surface area contributed by atoms with Gasteiger partial charge in [0, 0.05) is 15.3 Å². The second-order valence-corrected chi connectivity index (χ2v) is 5.67. The molecule has 19 heavy (non-hydrogen) atoms. The number of hydrogen-bond acceptors (Lipinski definition) is 2. The molecular formula is C14H20FIN2O. The van der Waals surface area contributed by atoms with Crippen molar-refractivity contribution < 1.29 is 9.18 Å². The van der Waals surface area contributed by atoms with Crippen LogP contribution in [-0.2, 0) is 4.79 Å². The lowest BCUT2D eigenvalue weighted by molar-refractivity contribution is -0.122. The molecule has 5 heteroatoms. The molecule has 2 N–H and O–H groups in total. The lowest BCUT2D eigenvalue weighted by Crippen LogP contribution is -2.42. The van der Waals surface area contributed by atoms with E-state index in [9.17, 15) is 9.18 Å². The first-order valence-corrected chi connectivity index (χ1v) is 7.57. The second-order valence-electron chi connectivity index (χ2n) is 4.51. The van der Waals surface area contributed by atoms with Gasteiger partial charge in [0.2, 0.25) is 5.91 Å². The zero-order valence-electron chi connectivity index (χ0n) is 11.5. The van der Waals surface area contributed by atoms with Gasteiger partial charge in [0.25, 0.3) is 0 Å². The van der Waals surface area contributed by atoms with Gasteiger partial charge in [-0.25, -0.2) is 4.39 Å². The third-order valence-corrected chi connectivity index (χ3v) is 3.92. The Bertz CT molecular complexity index is 435. The van der Waals surface area contributed by atoms with Gasteiger partial charge in [-0.05, 0) is 60.6 Å². The van der Waals surface area contributed by atoms with E-state index in [2.05, 4.69) is 24.5 Å². The molecule has 0 aromatic heterocycles. The molecule has 1 aromatic rings. The van der Waals surface area contributed by atoms with Crippen molar-refractivity contribution in [1.29, 1.82) is 0 Å². The number of anilines is 1. The van der Waals surface area contributed by atoms with Crippen LogP contribution in [0.15, 0.2) is 18.2 Å². The SMILES string of the molecule is CCC(CC)NC(=O)C(C)Nc1ccc(F)cc1I. The molecule has 1 aromatic carbocycles. The number of carbonyl (C=O) groups excluding carboxylic acids is 1. The monoisotopic (exact) mass is 378 g/mol. The summed E-state index contributed by atoms with van der Waals surface area (Å²) in [6.07, 6.45) is 1.84. The van der Waals surface area contributed by atoms with E-state index in [0.29, 0.717) is 0 Å². The molecule has 1 amide bonds. The molecule has 106 valence electrons. The van der Waals surface area contributed by atoms with Crippen molar-refractivity contribution in [3.8, 4) is 0 Å². The van der Waals surface area contributed by atoms with Crippen LogP contribution in [0.3, 0.4) is 0 Å². The molecule has 0 aliphatic rings. The number of rotatable bonds is 6. The van der Waals surface area contributed by atoms with Crippen LogP contribution >= 0.6 is 22.6 Å². The quantitative estimate of drug-likeness (QED) is 0.744. The minimum absolute atomic E-state index is 0.0335. The van der Waals surface area contributed by atoms with E-state index in [1.54, 1.807) is 13.0 Å². The molecule has 0 saturated heterocycles. The van der Waals surface area contributed by atoms with E-state index in [0.717, 1.165) is 22.1 Å². The lowest BCUT2D eigenvalue weighted by Gasteiger charge is -2.20. The first kappa shape index (κ1) is 16.2. The minimum Gasteiger partial charge on any atom is -0.373 e. The van der Waals surface area contributed by atoms with E-state index in [4.69, 9.17) is 0 Å². The summed E-state index contributed by atoms with van der Waals surface area (Å²) >= 11 is 2.05. The van der Waals surface area contributed by atoms with E-state index in [1.807, 2.05) is 22.6 Å². The third kappa shape index (κ3) is 4.97. The minimum atomic E-state index is -0.348. The van der Waals surface area contributed by atoms with E-state index in [-0.39, 0.29) is 23.8 Å². The fourth-order valence-electron chi connectivity index (χ4n) is 1.72. The number of nitrogens with one attached hydrogen (secondary N) is 2. The predicted octanol–water partition coefficient (Wildman–Crippen LogP) is 3.54. The summed E-state index contributed by atoms with van der Waals surface area (Å²) in [5.41, 5.74) is 0.772. The van der Waals surface area contributed by atoms with Gasteiger partial charge in [-0.3, -0.25) is 4.79 Å². The Hall–Kier alpha value is -0.850. The highest BCUT2D eigenvalue weighted by molar-refractivity contribution is 14.1. The van der Waals surface area contributed by atoms with Crippen molar-refractivity contribution in [2.45, 2.75) is 45.7 Å². The van der Waals surface area contributed by atoms with Crippen LogP contribution in [0.25, 0.3) is 0 Å². The average Bonchev–Trinajstić information content (AvgIpc) is 2.38. The van der Waals surface area contributed by atoms with Gasteiger partial charge in [0.05, 0.1) is 0 Å². The van der Waals surface area contributed by atoms with Crippen molar-refractivity contribution in [1.82, 2.24) is 5.32 Å². The molecule has 1 unspecified atom stereocenters. The van der Waals surface area contributed by atoms with E-state index in [1.165, 1.54) is 12.1 Å². The van der Waals surface area contributed by atoms with Crippen LogP contribution in [0.5, 0.6) is 0 Å². The highest BCUT2D eigenvalue weighted by Crippen LogP contribution is 2.19. The highest BCUT2D eigenvalue weighted by Gasteiger charge is 2.16. The largest absolute Gasteiger partial charge is 0.373 e. The standard InChI is InChI=1S/C14H20FIN2O/c1-4-11(5-2)18-14(19)9(3)17-13-7-6-10(15)8-12(13)16/h6-9,11,17H,4-5H2,1-3H3,(H,18,19). The van der Waals surface area contributed by atoms with Gasteiger partial charge in [-0.1, -0.05) is 13.8 Å². The van der Waals surface area contributed by atoms with Crippen molar-refractivity contribution in [2.75, 3.05) is 5.32 Å². The number of hydrogen-bond donors (Lipinski definition) is 2. The first-order valence-electron chi connectivity index (χ1n) is 6.49. The van der Waals surface area contributed by atoms with Crippen molar-refractivity contribution in [3.05, 3.63) is 27.6 Å². The molecule has 0 radical (unpaired) electrons. The van der Waals surface area contributed by atoms with Gasteiger partial charge in [0.15, 0.2) is 0 Å². The summed E-state index contributed by atoms with van der Waals surface area (Å²) in [6, 6.07) is 4.34. The molecule has 0 spiro atoms. The maximum Gasteiger partial charge on any atom is 0.242 e. The van der Waals surface area contributed by atoms with Crippen LogP contribution in [0.4, 0.5) is 10.1 Å². The molecule has 0 bridgehead atoms. The maximum absolute atomic E-state index is 13.0. The molecule has 1 rings (SSSR count). The summed E-state index contributed by atoms with van der Waals surface area (Å²) in [5, 5.41) is 6.09. The Balaban J connectivity index is 2.63. The summed E-state index contributed by atoms with van der Waals surface area (Å²) in [7, 11) is 0. The molecule has 0 aliphatic carbocycles. The fraction of sp³-hybridized carbons (Fsp3) is 0.500. The Kier molecular flexibility index (Phi) is 6.54. The molecule has 0 fully saturated rings. The summed E-state index contributed by atoms with van der Waals surface area (Å²) < 4.78 is 13.8. The smallest absolute Gasteiger partial charge is 0.242 e. The van der Waals surface area contributed by atoms with Gasteiger partial charge in [-0.15, -0.1) is 0 Å². The van der Waals surface area contributed by atoms with Crippen LogP contribution < -0.4 is 10.6 Å². The number of halogens is 2.